The second kappa shape index (κ2) is 4.01. The number of fused-ring (bicyclic) bond motifs is 1. The van der Waals surface area contributed by atoms with Gasteiger partial charge in [-0.3, -0.25) is 4.98 Å². The van der Waals surface area contributed by atoms with Crippen LogP contribution in [0.1, 0.15) is 17.9 Å². The van der Waals surface area contributed by atoms with Crippen molar-refractivity contribution < 1.29 is 0 Å². The summed E-state index contributed by atoms with van der Waals surface area (Å²) >= 11 is 0. The predicted molar refractivity (Wildman–Crippen MR) is 69.8 cm³/mol. The summed E-state index contributed by atoms with van der Waals surface area (Å²) in [6.07, 6.45) is 4.53. The fraction of sp³-hybridized carbons (Fsp3) is 0.231. The average molecular weight is 252 g/mol. The van der Waals surface area contributed by atoms with E-state index in [1.807, 2.05) is 6.07 Å². The highest BCUT2D eigenvalue weighted by Crippen LogP contribution is 2.42. The topological polar surface area (TPSA) is 68.0 Å². The number of hydrogen-bond donors (Lipinski definition) is 1. The highest BCUT2D eigenvalue weighted by Gasteiger charge is 2.38. The third kappa shape index (κ3) is 1.81. The Morgan fingerprint density at radius 3 is 2.95 bits per heavy atom. The van der Waals surface area contributed by atoms with Gasteiger partial charge in [-0.05, 0) is 22.4 Å². The first-order valence-electron chi connectivity index (χ1n) is 6.25. The summed E-state index contributed by atoms with van der Waals surface area (Å²) in [5.74, 6) is 1.40. The zero-order valence-corrected chi connectivity index (χ0v) is 10.1. The number of hydrogen-bond acceptors (Lipinski definition) is 5. The van der Waals surface area contributed by atoms with E-state index in [1.54, 1.807) is 16.9 Å². The molecule has 6 nitrogen and oxygen atoms in total. The Morgan fingerprint density at radius 2 is 2.05 bits per heavy atom. The largest absolute Gasteiger partial charge is 0.365 e. The number of nitrogens with one attached hydrogen (secondary N) is 1. The Hall–Kier alpha value is -2.50. The van der Waals surface area contributed by atoms with Crippen LogP contribution in [-0.4, -0.2) is 31.1 Å². The molecule has 2 heterocycles. The van der Waals surface area contributed by atoms with Crippen LogP contribution in [0.3, 0.4) is 0 Å². The van der Waals surface area contributed by atoms with E-state index in [-0.39, 0.29) is 0 Å². The SMILES string of the molecule is c1ccc(C2CC2Nc2cncc3nnnn23)cc1. The van der Waals surface area contributed by atoms with Gasteiger partial charge >= 0.3 is 0 Å². The van der Waals surface area contributed by atoms with Gasteiger partial charge in [0.2, 0.25) is 0 Å². The normalized spacial score (nSPS) is 21.5. The highest BCUT2D eigenvalue weighted by atomic mass is 15.5. The van der Waals surface area contributed by atoms with Gasteiger partial charge in [-0.1, -0.05) is 30.3 Å². The predicted octanol–water partition coefficient (Wildman–Crippen LogP) is 1.49. The Balaban J connectivity index is 1.56. The van der Waals surface area contributed by atoms with Gasteiger partial charge in [-0.15, -0.1) is 5.10 Å². The van der Waals surface area contributed by atoms with Crippen LogP contribution in [0, 0.1) is 0 Å². The maximum Gasteiger partial charge on any atom is 0.199 e. The van der Waals surface area contributed by atoms with Crippen LogP contribution in [-0.2, 0) is 0 Å². The van der Waals surface area contributed by atoms with E-state index in [0.29, 0.717) is 17.6 Å². The zero-order valence-electron chi connectivity index (χ0n) is 10.1. The molecule has 0 spiro atoms. The van der Waals surface area contributed by atoms with Gasteiger partial charge in [0, 0.05) is 12.0 Å². The van der Waals surface area contributed by atoms with Crippen LogP contribution in [0.5, 0.6) is 0 Å². The molecule has 0 aliphatic heterocycles. The molecule has 0 bridgehead atoms. The summed E-state index contributed by atoms with van der Waals surface area (Å²) in [4.78, 5) is 4.14. The molecule has 1 aromatic carbocycles. The van der Waals surface area contributed by atoms with Gasteiger partial charge < -0.3 is 5.32 Å². The molecule has 4 rings (SSSR count). The summed E-state index contributed by atoms with van der Waals surface area (Å²) in [7, 11) is 0. The molecule has 0 amide bonds. The lowest BCUT2D eigenvalue weighted by atomic mass is 10.1. The van der Waals surface area contributed by atoms with Crippen LogP contribution < -0.4 is 5.32 Å². The molecular formula is C13H12N6. The van der Waals surface area contributed by atoms with Crippen LogP contribution in [0.2, 0.25) is 0 Å². The van der Waals surface area contributed by atoms with Crippen molar-refractivity contribution in [2.45, 2.75) is 18.4 Å². The molecule has 2 aromatic heterocycles. The minimum atomic E-state index is 0.430. The first-order valence-corrected chi connectivity index (χ1v) is 6.25. The van der Waals surface area contributed by atoms with Crippen molar-refractivity contribution in [1.29, 1.82) is 0 Å². The van der Waals surface area contributed by atoms with Crippen molar-refractivity contribution in [1.82, 2.24) is 25.0 Å². The lowest BCUT2D eigenvalue weighted by Gasteiger charge is -2.06. The van der Waals surface area contributed by atoms with Gasteiger partial charge in [0.1, 0.15) is 0 Å². The number of tetrazole rings is 1. The zero-order chi connectivity index (χ0) is 12.7. The number of rotatable bonds is 3. The second-order valence-electron chi connectivity index (χ2n) is 4.75. The molecule has 0 saturated heterocycles. The molecule has 94 valence electrons. The fourth-order valence-electron chi connectivity index (χ4n) is 2.39. The molecule has 0 radical (unpaired) electrons. The number of aromatic nitrogens is 5. The van der Waals surface area contributed by atoms with Gasteiger partial charge in [-0.25, -0.2) is 0 Å². The summed E-state index contributed by atoms with van der Waals surface area (Å²) in [5.41, 5.74) is 2.03. The van der Waals surface area contributed by atoms with Gasteiger partial charge in [-0.2, -0.15) is 4.52 Å². The number of anilines is 1. The molecule has 1 N–H and O–H groups in total. The molecule has 6 heteroatoms. The van der Waals surface area contributed by atoms with E-state index in [0.717, 1.165) is 12.2 Å². The molecule has 1 aliphatic rings. The quantitative estimate of drug-likeness (QED) is 0.764. The maximum absolute atomic E-state index is 4.14. The van der Waals surface area contributed by atoms with Crippen molar-refractivity contribution in [2.24, 2.45) is 0 Å². The van der Waals surface area contributed by atoms with Crippen molar-refractivity contribution in [2.75, 3.05) is 5.32 Å². The number of benzene rings is 1. The minimum absolute atomic E-state index is 0.430. The Kier molecular flexibility index (Phi) is 2.20. The average Bonchev–Trinajstić information content (AvgIpc) is 3.05. The maximum atomic E-state index is 4.14. The van der Waals surface area contributed by atoms with Crippen LogP contribution in [0.4, 0.5) is 5.82 Å². The monoisotopic (exact) mass is 252 g/mol. The molecule has 2 atom stereocenters. The third-order valence-corrected chi connectivity index (χ3v) is 3.46. The second-order valence-corrected chi connectivity index (χ2v) is 4.75. The molecule has 1 aliphatic carbocycles. The van der Waals surface area contributed by atoms with Crippen molar-refractivity contribution >= 4 is 11.5 Å². The Bertz CT molecular complexity index is 707. The lowest BCUT2D eigenvalue weighted by Crippen LogP contribution is -2.09. The van der Waals surface area contributed by atoms with Crippen molar-refractivity contribution in [3.8, 4) is 0 Å². The molecule has 19 heavy (non-hydrogen) atoms. The van der Waals surface area contributed by atoms with E-state index in [2.05, 4.69) is 50.1 Å². The van der Waals surface area contributed by atoms with E-state index in [1.165, 1.54) is 5.56 Å². The van der Waals surface area contributed by atoms with Crippen LogP contribution in [0.25, 0.3) is 5.65 Å². The standard InChI is InChI=1S/C13H12N6/c1-2-4-9(5-3-1)10-6-11(10)15-12-7-14-8-13-16-17-18-19(12)13/h1-5,7-8,10-11,15H,6H2. The highest BCUT2D eigenvalue weighted by molar-refractivity contribution is 5.47. The van der Waals surface area contributed by atoms with Gasteiger partial charge in [0.05, 0.1) is 12.4 Å². The first kappa shape index (κ1) is 10.4. The molecule has 1 saturated carbocycles. The molecule has 3 aromatic rings. The van der Waals surface area contributed by atoms with Gasteiger partial charge in [0.15, 0.2) is 11.5 Å². The van der Waals surface area contributed by atoms with Crippen molar-refractivity contribution in [3.05, 3.63) is 48.3 Å². The Labute approximate surface area is 109 Å². The Morgan fingerprint density at radius 1 is 1.16 bits per heavy atom. The summed E-state index contributed by atoms with van der Waals surface area (Å²) in [5, 5.41) is 14.9. The molecule has 2 unspecified atom stereocenters. The first-order chi connectivity index (χ1) is 9.42. The van der Waals surface area contributed by atoms with E-state index in [4.69, 9.17) is 0 Å². The molecular weight excluding hydrogens is 240 g/mol. The minimum Gasteiger partial charge on any atom is -0.365 e. The van der Waals surface area contributed by atoms with Crippen molar-refractivity contribution in [3.63, 3.8) is 0 Å². The van der Waals surface area contributed by atoms with E-state index >= 15 is 0 Å². The van der Waals surface area contributed by atoms with Crippen LogP contribution in [0.15, 0.2) is 42.7 Å². The third-order valence-electron chi connectivity index (χ3n) is 3.46. The summed E-state index contributed by atoms with van der Waals surface area (Å²) in [6, 6.07) is 11.0. The van der Waals surface area contributed by atoms with E-state index in [9.17, 15) is 0 Å². The summed E-state index contributed by atoms with van der Waals surface area (Å²) in [6.45, 7) is 0. The fourth-order valence-corrected chi connectivity index (χ4v) is 2.39. The lowest BCUT2D eigenvalue weighted by molar-refractivity contribution is 0.817. The van der Waals surface area contributed by atoms with Gasteiger partial charge in [0.25, 0.3) is 0 Å². The number of nitrogens with zero attached hydrogens (tertiary/aromatic N) is 5. The molecule has 1 fully saturated rings. The van der Waals surface area contributed by atoms with Crippen LogP contribution >= 0.6 is 0 Å². The smallest absolute Gasteiger partial charge is 0.199 e. The summed E-state index contributed by atoms with van der Waals surface area (Å²) < 4.78 is 1.67. The van der Waals surface area contributed by atoms with E-state index < -0.39 is 0 Å².